The lowest BCUT2D eigenvalue weighted by Gasteiger charge is -2.36. The van der Waals surface area contributed by atoms with E-state index in [1.165, 1.54) is 5.56 Å². The van der Waals surface area contributed by atoms with Crippen molar-refractivity contribution in [1.82, 2.24) is 4.90 Å². The molecule has 0 unspecified atom stereocenters. The van der Waals surface area contributed by atoms with Gasteiger partial charge in [0.2, 0.25) is 0 Å². The van der Waals surface area contributed by atoms with Gasteiger partial charge in [0.25, 0.3) is 0 Å². The molecule has 3 heteroatoms. The molecule has 2 rings (SSSR count). The molecule has 0 bridgehead atoms. The summed E-state index contributed by atoms with van der Waals surface area (Å²) in [5.74, 6) is 0. The Kier molecular flexibility index (Phi) is 4.97. The Hall–Kier alpha value is -0.900. The van der Waals surface area contributed by atoms with Crippen molar-refractivity contribution in [2.24, 2.45) is 0 Å². The predicted octanol–water partition coefficient (Wildman–Crippen LogP) is 2.70. The maximum Gasteiger partial charge on any atom is 0.0651 e. The molecule has 1 heterocycles. The van der Waals surface area contributed by atoms with Crippen LogP contribution in [0.2, 0.25) is 0 Å². The first-order chi connectivity index (χ1) is 9.04. The van der Waals surface area contributed by atoms with Gasteiger partial charge in [-0.3, -0.25) is 4.90 Å². The summed E-state index contributed by atoms with van der Waals surface area (Å²) in [6.45, 7) is 10.6. The molecule has 0 N–H and O–H groups in total. The average molecular weight is 263 g/mol. The molecule has 1 atom stereocenters. The Labute approximate surface area is 116 Å². The zero-order valence-electron chi connectivity index (χ0n) is 12.3. The van der Waals surface area contributed by atoms with Crippen LogP contribution in [0, 0.1) is 0 Å². The number of rotatable bonds is 4. The van der Waals surface area contributed by atoms with Crippen LogP contribution in [-0.4, -0.2) is 42.9 Å². The topological polar surface area (TPSA) is 21.7 Å². The maximum atomic E-state index is 5.92. The van der Waals surface area contributed by atoms with Crippen LogP contribution < -0.4 is 0 Å². The molecule has 1 saturated heterocycles. The van der Waals surface area contributed by atoms with Gasteiger partial charge in [0, 0.05) is 13.1 Å². The van der Waals surface area contributed by atoms with E-state index in [0.29, 0.717) is 6.04 Å². The van der Waals surface area contributed by atoms with Crippen LogP contribution in [0.1, 0.15) is 26.3 Å². The van der Waals surface area contributed by atoms with E-state index in [1.54, 1.807) is 0 Å². The van der Waals surface area contributed by atoms with Gasteiger partial charge in [-0.05, 0) is 26.3 Å². The van der Waals surface area contributed by atoms with Crippen LogP contribution in [0.25, 0.3) is 0 Å². The van der Waals surface area contributed by atoms with Crippen molar-refractivity contribution in [3.8, 4) is 0 Å². The summed E-state index contributed by atoms with van der Waals surface area (Å²) in [6.07, 6.45) is 0. The third-order valence-electron chi connectivity index (χ3n) is 3.29. The Balaban J connectivity index is 1.92. The summed E-state index contributed by atoms with van der Waals surface area (Å²) in [4.78, 5) is 2.46. The smallest absolute Gasteiger partial charge is 0.0651 e. The highest BCUT2D eigenvalue weighted by molar-refractivity contribution is 5.14. The molecule has 19 heavy (non-hydrogen) atoms. The highest BCUT2D eigenvalue weighted by Gasteiger charge is 2.25. The van der Waals surface area contributed by atoms with E-state index < -0.39 is 0 Å². The lowest BCUT2D eigenvalue weighted by Crippen LogP contribution is -2.48. The van der Waals surface area contributed by atoms with E-state index >= 15 is 0 Å². The van der Waals surface area contributed by atoms with Crippen molar-refractivity contribution in [1.29, 1.82) is 0 Å². The van der Waals surface area contributed by atoms with E-state index in [0.717, 1.165) is 32.9 Å². The average Bonchev–Trinajstić information content (AvgIpc) is 2.38. The minimum atomic E-state index is -0.0874. The van der Waals surface area contributed by atoms with Gasteiger partial charge in [-0.15, -0.1) is 0 Å². The number of hydrogen-bond acceptors (Lipinski definition) is 3. The summed E-state index contributed by atoms with van der Waals surface area (Å²) in [5.41, 5.74) is 1.26. The van der Waals surface area contributed by atoms with Crippen LogP contribution in [0.4, 0.5) is 0 Å². The minimum absolute atomic E-state index is 0.0874. The third-order valence-corrected chi connectivity index (χ3v) is 3.29. The van der Waals surface area contributed by atoms with Gasteiger partial charge in [0.1, 0.15) is 0 Å². The molecular formula is C16H25NO2. The normalized spacial score (nSPS) is 21.5. The standard InChI is InChI=1S/C16H25NO2/c1-16(2,3)19-13-15-12-18-10-9-17(15)11-14-7-5-4-6-8-14/h4-8,15H,9-13H2,1-3H3/t15-/m1/s1. The van der Waals surface area contributed by atoms with Gasteiger partial charge in [-0.1, -0.05) is 30.3 Å². The van der Waals surface area contributed by atoms with Gasteiger partial charge in [-0.2, -0.15) is 0 Å². The molecule has 0 amide bonds. The fourth-order valence-corrected chi connectivity index (χ4v) is 2.21. The number of nitrogens with zero attached hydrogens (tertiary/aromatic N) is 1. The molecule has 0 radical (unpaired) electrons. The molecule has 0 aliphatic carbocycles. The Morgan fingerprint density at radius 3 is 2.68 bits per heavy atom. The predicted molar refractivity (Wildman–Crippen MR) is 77.2 cm³/mol. The van der Waals surface area contributed by atoms with E-state index in [2.05, 4.69) is 56.0 Å². The molecule has 106 valence electrons. The lowest BCUT2D eigenvalue weighted by atomic mass is 10.1. The zero-order chi connectivity index (χ0) is 13.7. The molecular weight excluding hydrogens is 238 g/mol. The van der Waals surface area contributed by atoms with Crippen molar-refractivity contribution < 1.29 is 9.47 Å². The fraction of sp³-hybridized carbons (Fsp3) is 0.625. The SMILES string of the molecule is CC(C)(C)OC[C@H]1COCCN1Cc1ccccc1. The molecule has 3 nitrogen and oxygen atoms in total. The minimum Gasteiger partial charge on any atom is -0.378 e. The van der Waals surface area contributed by atoms with Gasteiger partial charge in [-0.25, -0.2) is 0 Å². The lowest BCUT2D eigenvalue weighted by molar-refractivity contribution is -0.0823. The van der Waals surface area contributed by atoms with Crippen molar-refractivity contribution in [3.63, 3.8) is 0 Å². The summed E-state index contributed by atoms with van der Waals surface area (Å²) in [5, 5.41) is 0. The Morgan fingerprint density at radius 1 is 1.26 bits per heavy atom. The van der Waals surface area contributed by atoms with Gasteiger partial charge < -0.3 is 9.47 Å². The summed E-state index contributed by atoms with van der Waals surface area (Å²) < 4.78 is 11.5. The largest absolute Gasteiger partial charge is 0.378 e. The summed E-state index contributed by atoms with van der Waals surface area (Å²) in [7, 11) is 0. The Morgan fingerprint density at radius 2 is 2.00 bits per heavy atom. The number of benzene rings is 1. The zero-order valence-corrected chi connectivity index (χ0v) is 12.3. The number of hydrogen-bond donors (Lipinski definition) is 0. The van der Waals surface area contributed by atoms with Crippen molar-refractivity contribution in [2.45, 2.75) is 39.0 Å². The fourth-order valence-electron chi connectivity index (χ4n) is 2.21. The first-order valence-electron chi connectivity index (χ1n) is 7.04. The quantitative estimate of drug-likeness (QED) is 0.833. The second kappa shape index (κ2) is 6.51. The second-order valence-corrected chi connectivity index (χ2v) is 6.11. The molecule has 1 aromatic rings. The number of ether oxygens (including phenoxy) is 2. The summed E-state index contributed by atoms with van der Waals surface area (Å²) in [6, 6.07) is 11.0. The van der Waals surface area contributed by atoms with Crippen molar-refractivity contribution in [3.05, 3.63) is 35.9 Å². The third kappa shape index (κ3) is 4.94. The molecule has 0 saturated carbocycles. The van der Waals surface area contributed by atoms with E-state index in [1.807, 2.05) is 0 Å². The molecule has 1 aliphatic rings. The van der Waals surface area contributed by atoms with Crippen molar-refractivity contribution in [2.75, 3.05) is 26.4 Å². The van der Waals surface area contributed by atoms with E-state index in [-0.39, 0.29) is 5.60 Å². The molecule has 0 spiro atoms. The van der Waals surface area contributed by atoms with Crippen LogP contribution in [-0.2, 0) is 16.0 Å². The highest BCUT2D eigenvalue weighted by Crippen LogP contribution is 2.15. The van der Waals surface area contributed by atoms with Gasteiger partial charge >= 0.3 is 0 Å². The first-order valence-corrected chi connectivity index (χ1v) is 7.04. The molecule has 1 fully saturated rings. The van der Waals surface area contributed by atoms with Gasteiger partial charge in [0.15, 0.2) is 0 Å². The van der Waals surface area contributed by atoms with Crippen molar-refractivity contribution >= 4 is 0 Å². The van der Waals surface area contributed by atoms with E-state index in [4.69, 9.17) is 9.47 Å². The Bertz CT molecular complexity index is 372. The monoisotopic (exact) mass is 263 g/mol. The van der Waals surface area contributed by atoms with Crippen LogP contribution >= 0.6 is 0 Å². The van der Waals surface area contributed by atoms with Crippen LogP contribution in [0.15, 0.2) is 30.3 Å². The number of morpholine rings is 1. The maximum absolute atomic E-state index is 5.92. The van der Waals surface area contributed by atoms with Gasteiger partial charge in [0.05, 0.1) is 31.5 Å². The van der Waals surface area contributed by atoms with E-state index in [9.17, 15) is 0 Å². The highest BCUT2D eigenvalue weighted by atomic mass is 16.5. The molecule has 0 aromatic heterocycles. The summed E-state index contributed by atoms with van der Waals surface area (Å²) >= 11 is 0. The van der Waals surface area contributed by atoms with Crippen LogP contribution in [0.5, 0.6) is 0 Å². The molecule has 1 aliphatic heterocycles. The first kappa shape index (κ1) is 14.5. The second-order valence-electron chi connectivity index (χ2n) is 6.11. The molecule has 1 aromatic carbocycles. The van der Waals surface area contributed by atoms with Crippen LogP contribution in [0.3, 0.4) is 0 Å².